The van der Waals surface area contributed by atoms with Gasteiger partial charge in [0, 0.05) is 30.1 Å². The molecule has 0 aliphatic rings. The Kier molecular flexibility index (Phi) is 7.50. The first-order valence-corrected chi connectivity index (χ1v) is 10.8. The molecule has 0 aliphatic heterocycles. The highest BCUT2D eigenvalue weighted by Gasteiger charge is 2.15. The summed E-state index contributed by atoms with van der Waals surface area (Å²) in [5.74, 6) is -0.717. The van der Waals surface area contributed by atoms with E-state index in [4.69, 9.17) is 0 Å². The van der Waals surface area contributed by atoms with E-state index in [2.05, 4.69) is 20.9 Å². The third-order valence-electron chi connectivity index (χ3n) is 4.53. The summed E-state index contributed by atoms with van der Waals surface area (Å²) in [7, 11) is 0. The van der Waals surface area contributed by atoms with Crippen LogP contribution in [-0.2, 0) is 22.4 Å². The molecule has 31 heavy (non-hydrogen) atoms. The number of amides is 3. The number of nitrogens with zero attached hydrogens (tertiary/aromatic N) is 1. The van der Waals surface area contributed by atoms with E-state index < -0.39 is 0 Å². The maximum absolute atomic E-state index is 12.7. The van der Waals surface area contributed by atoms with Gasteiger partial charge in [0.05, 0.1) is 0 Å². The van der Waals surface area contributed by atoms with Crippen LogP contribution in [0.3, 0.4) is 0 Å². The first kappa shape index (κ1) is 22.2. The number of aromatic nitrogens is 1. The number of hydrogen-bond acceptors (Lipinski definition) is 5. The smallest absolute Gasteiger partial charge is 0.275 e. The second-order valence-electron chi connectivity index (χ2n) is 6.93. The Morgan fingerprint density at radius 1 is 1.00 bits per heavy atom. The molecule has 160 valence electrons. The molecule has 2 aromatic carbocycles. The van der Waals surface area contributed by atoms with Crippen LogP contribution >= 0.6 is 11.3 Å². The van der Waals surface area contributed by atoms with Crippen LogP contribution in [0.25, 0.3) is 0 Å². The van der Waals surface area contributed by atoms with E-state index in [0.29, 0.717) is 29.3 Å². The summed E-state index contributed by atoms with van der Waals surface area (Å²) < 4.78 is 0. The van der Waals surface area contributed by atoms with Gasteiger partial charge < -0.3 is 16.0 Å². The molecule has 3 rings (SSSR count). The normalized spacial score (nSPS) is 10.4. The zero-order chi connectivity index (χ0) is 22.2. The largest absolute Gasteiger partial charge is 0.326 e. The van der Waals surface area contributed by atoms with Crippen LogP contribution in [0.15, 0.2) is 53.9 Å². The Morgan fingerprint density at radius 2 is 1.77 bits per heavy atom. The van der Waals surface area contributed by atoms with Crippen LogP contribution in [0, 0.1) is 0 Å². The molecule has 3 aromatic rings. The van der Waals surface area contributed by atoms with Crippen molar-refractivity contribution in [2.24, 2.45) is 0 Å². The summed E-state index contributed by atoms with van der Waals surface area (Å²) in [5.41, 5.74) is 3.46. The SMILES string of the molecule is CCc1ccc(NC(C)=O)cc1NC(=O)c1csc(NC(=O)CCc2ccccc2)n1. The van der Waals surface area contributed by atoms with E-state index in [1.807, 2.05) is 43.3 Å². The lowest BCUT2D eigenvalue weighted by Crippen LogP contribution is -2.15. The number of thiazole rings is 1. The maximum Gasteiger partial charge on any atom is 0.275 e. The van der Waals surface area contributed by atoms with E-state index in [9.17, 15) is 14.4 Å². The molecule has 0 atom stereocenters. The molecular formula is C23H24N4O3S. The van der Waals surface area contributed by atoms with Gasteiger partial charge in [-0.1, -0.05) is 43.3 Å². The van der Waals surface area contributed by atoms with Crippen LogP contribution in [0.4, 0.5) is 16.5 Å². The number of aryl methyl sites for hydroxylation is 2. The minimum absolute atomic E-state index is 0.151. The summed E-state index contributed by atoms with van der Waals surface area (Å²) in [5, 5.41) is 10.3. The summed E-state index contributed by atoms with van der Waals surface area (Å²) in [4.78, 5) is 40.4. The van der Waals surface area contributed by atoms with E-state index in [0.717, 1.165) is 17.5 Å². The van der Waals surface area contributed by atoms with E-state index in [1.54, 1.807) is 17.5 Å². The molecule has 0 radical (unpaired) electrons. The van der Waals surface area contributed by atoms with Gasteiger partial charge in [-0.2, -0.15) is 0 Å². The van der Waals surface area contributed by atoms with Crippen molar-refractivity contribution in [1.29, 1.82) is 0 Å². The van der Waals surface area contributed by atoms with Gasteiger partial charge >= 0.3 is 0 Å². The minimum atomic E-state index is -0.379. The zero-order valence-corrected chi connectivity index (χ0v) is 18.2. The van der Waals surface area contributed by atoms with Gasteiger partial charge in [-0.15, -0.1) is 11.3 Å². The van der Waals surface area contributed by atoms with Crippen LogP contribution in [0.5, 0.6) is 0 Å². The van der Waals surface area contributed by atoms with Gasteiger partial charge in [0.1, 0.15) is 5.69 Å². The van der Waals surface area contributed by atoms with Crippen LogP contribution in [-0.4, -0.2) is 22.7 Å². The predicted molar refractivity (Wildman–Crippen MR) is 124 cm³/mol. The van der Waals surface area contributed by atoms with Crippen molar-refractivity contribution in [2.75, 3.05) is 16.0 Å². The summed E-state index contributed by atoms with van der Waals surface area (Å²) >= 11 is 1.20. The number of carbonyl (C=O) groups is 3. The molecule has 0 aliphatic carbocycles. The highest BCUT2D eigenvalue weighted by molar-refractivity contribution is 7.14. The molecule has 1 aromatic heterocycles. The van der Waals surface area contributed by atoms with Gasteiger partial charge in [-0.05, 0) is 36.1 Å². The number of nitrogens with one attached hydrogen (secondary N) is 3. The number of carbonyl (C=O) groups excluding carboxylic acids is 3. The number of anilines is 3. The fraction of sp³-hybridized carbons (Fsp3) is 0.217. The lowest BCUT2D eigenvalue weighted by molar-refractivity contribution is -0.116. The van der Waals surface area contributed by atoms with Gasteiger partial charge in [0.25, 0.3) is 5.91 Å². The van der Waals surface area contributed by atoms with Crippen molar-refractivity contribution >= 4 is 45.6 Å². The number of benzene rings is 2. The average Bonchev–Trinajstić information content (AvgIpc) is 3.21. The molecule has 0 saturated heterocycles. The number of hydrogen-bond donors (Lipinski definition) is 3. The Labute approximate surface area is 184 Å². The van der Waals surface area contributed by atoms with Gasteiger partial charge in [-0.25, -0.2) is 4.98 Å². The van der Waals surface area contributed by atoms with Crippen molar-refractivity contribution in [1.82, 2.24) is 4.98 Å². The first-order chi connectivity index (χ1) is 14.9. The van der Waals surface area contributed by atoms with Gasteiger partial charge in [0.2, 0.25) is 11.8 Å². The second-order valence-corrected chi connectivity index (χ2v) is 7.79. The van der Waals surface area contributed by atoms with E-state index in [-0.39, 0.29) is 23.4 Å². The van der Waals surface area contributed by atoms with Crippen molar-refractivity contribution in [3.8, 4) is 0 Å². The summed E-state index contributed by atoms with van der Waals surface area (Å²) in [6.07, 6.45) is 1.69. The fourth-order valence-corrected chi connectivity index (χ4v) is 3.70. The predicted octanol–water partition coefficient (Wildman–Crippen LogP) is 4.49. The van der Waals surface area contributed by atoms with Gasteiger partial charge in [-0.3, -0.25) is 14.4 Å². The van der Waals surface area contributed by atoms with E-state index >= 15 is 0 Å². The topological polar surface area (TPSA) is 100 Å². The first-order valence-electron chi connectivity index (χ1n) is 9.95. The quantitative estimate of drug-likeness (QED) is 0.484. The van der Waals surface area contributed by atoms with Crippen molar-refractivity contribution in [2.45, 2.75) is 33.1 Å². The van der Waals surface area contributed by atoms with Crippen molar-refractivity contribution in [3.05, 3.63) is 70.7 Å². The van der Waals surface area contributed by atoms with Crippen molar-refractivity contribution < 1.29 is 14.4 Å². The highest BCUT2D eigenvalue weighted by Crippen LogP contribution is 2.23. The molecule has 0 bridgehead atoms. The molecule has 3 amide bonds. The Hall–Kier alpha value is -3.52. The third kappa shape index (κ3) is 6.48. The highest BCUT2D eigenvalue weighted by atomic mass is 32.1. The average molecular weight is 437 g/mol. The monoisotopic (exact) mass is 436 g/mol. The Bertz CT molecular complexity index is 1080. The van der Waals surface area contributed by atoms with E-state index in [1.165, 1.54) is 18.3 Å². The molecule has 0 fully saturated rings. The van der Waals surface area contributed by atoms with Crippen LogP contribution in [0.2, 0.25) is 0 Å². The third-order valence-corrected chi connectivity index (χ3v) is 5.28. The Balaban J connectivity index is 1.61. The Morgan fingerprint density at radius 3 is 2.48 bits per heavy atom. The lowest BCUT2D eigenvalue weighted by atomic mass is 10.1. The molecule has 0 spiro atoms. The lowest BCUT2D eigenvalue weighted by Gasteiger charge is -2.11. The molecule has 8 heteroatoms. The second kappa shape index (κ2) is 10.5. The maximum atomic E-state index is 12.7. The fourth-order valence-electron chi connectivity index (χ4n) is 2.99. The summed E-state index contributed by atoms with van der Waals surface area (Å²) in [6, 6.07) is 15.1. The van der Waals surface area contributed by atoms with Crippen LogP contribution in [0.1, 0.15) is 41.9 Å². The van der Waals surface area contributed by atoms with Crippen LogP contribution < -0.4 is 16.0 Å². The molecule has 3 N–H and O–H groups in total. The standard InChI is InChI=1S/C23H24N4O3S/c1-3-17-10-11-18(24-15(2)28)13-19(17)25-22(30)20-14-31-23(26-20)27-21(29)12-9-16-7-5-4-6-8-16/h4-8,10-11,13-14H,3,9,12H2,1-2H3,(H,24,28)(H,25,30)(H,26,27,29). The molecule has 7 nitrogen and oxygen atoms in total. The number of rotatable bonds is 8. The minimum Gasteiger partial charge on any atom is -0.326 e. The van der Waals surface area contributed by atoms with Gasteiger partial charge in [0.15, 0.2) is 5.13 Å². The molecule has 0 saturated carbocycles. The summed E-state index contributed by atoms with van der Waals surface area (Å²) in [6.45, 7) is 3.41. The zero-order valence-electron chi connectivity index (χ0n) is 17.4. The van der Waals surface area contributed by atoms with Crippen molar-refractivity contribution in [3.63, 3.8) is 0 Å². The molecular weight excluding hydrogens is 412 g/mol. The molecule has 1 heterocycles. The molecule has 0 unspecified atom stereocenters.